The van der Waals surface area contributed by atoms with E-state index in [4.69, 9.17) is 16.2 Å². The summed E-state index contributed by atoms with van der Waals surface area (Å²) in [4.78, 5) is 41.3. The van der Waals surface area contributed by atoms with Crippen LogP contribution in [0.15, 0.2) is 96.2 Å². The fourth-order valence-electron chi connectivity index (χ4n) is 4.75. The summed E-state index contributed by atoms with van der Waals surface area (Å²) >= 11 is 0. The fraction of sp³-hybridized carbons (Fsp3) is 0.219. The number of urea groups is 1. The number of aromatic nitrogens is 2. The summed E-state index contributed by atoms with van der Waals surface area (Å²) in [6.07, 6.45) is 3.64. The van der Waals surface area contributed by atoms with Gasteiger partial charge in [-0.2, -0.15) is 4.99 Å². The standard InChI is InChI=1S/C32H34N8O3/c33-30(34)38-32(42)37-18-25-7-4-8-27(17-25)28-19-35-31(36-20-28)40-15-13-39(14-16-40)21-23-9-11-26(12-10-23)29(41)43-22-24-5-2-1-3-6-24/h1-12,17,19-20H,13-16,18,21-22H2,(H5,33,34,37,38,42). The van der Waals surface area contributed by atoms with Gasteiger partial charge in [-0.3, -0.25) is 4.90 Å². The van der Waals surface area contributed by atoms with Gasteiger partial charge < -0.3 is 26.4 Å². The van der Waals surface area contributed by atoms with Crippen LogP contribution in [0, 0.1) is 0 Å². The number of hydrogen-bond acceptors (Lipinski definition) is 7. The molecule has 0 spiro atoms. The lowest BCUT2D eigenvalue weighted by molar-refractivity contribution is 0.0472. The first-order chi connectivity index (χ1) is 20.9. The molecule has 43 heavy (non-hydrogen) atoms. The third kappa shape index (κ3) is 8.37. The van der Waals surface area contributed by atoms with Gasteiger partial charge in [-0.25, -0.2) is 19.6 Å². The minimum absolute atomic E-state index is 0.259. The Morgan fingerprint density at radius 3 is 2.21 bits per heavy atom. The van der Waals surface area contributed by atoms with Crippen molar-refractivity contribution in [3.63, 3.8) is 0 Å². The SMILES string of the molecule is NC(N)=NC(=O)NCc1cccc(-c2cnc(N3CCN(Cc4ccc(C(=O)OCc5ccccc5)cc4)CC3)nc2)c1. The van der Waals surface area contributed by atoms with Crippen LogP contribution in [0.4, 0.5) is 10.7 Å². The molecule has 5 N–H and O–H groups in total. The molecule has 0 radical (unpaired) electrons. The second-order valence-corrected chi connectivity index (χ2v) is 10.2. The molecule has 0 saturated carbocycles. The Kier molecular flexibility index (Phi) is 9.55. The number of hydrogen-bond donors (Lipinski definition) is 3. The summed E-state index contributed by atoms with van der Waals surface area (Å²) in [6, 6.07) is 24.4. The molecule has 1 aromatic heterocycles. The van der Waals surface area contributed by atoms with Gasteiger partial charge in [0, 0.05) is 57.2 Å². The first kappa shape index (κ1) is 29.2. The number of nitrogens with one attached hydrogen (secondary N) is 1. The zero-order chi connectivity index (χ0) is 30.0. The molecular formula is C32H34N8O3. The van der Waals surface area contributed by atoms with E-state index in [0.29, 0.717) is 11.5 Å². The molecule has 0 atom stereocenters. The molecule has 5 rings (SSSR count). The van der Waals surface area contributed by atoms with E-state index in [-0.39, 0.29) is 25.1 Å². The molecule has 1 saturated heterocycles. The molecule has 220 valence electrons. The number of aliphatic imine (C=N–C) groups is 1. The summed E-state index contributed by atoms with van der Waals surface area (Å²) < 4.78 is 5.43. The van der Waals surface area contributed by atoms with Gasteiger partial charge in [-0.05, 0) is 40.5 Å². The van der Waals surface area contributed by atoms with Crippen molar-refractivity contribution in [1.29, 1.82) is 0 Å². The number of guanidine groups is 1. The number of carbonyl (C=O) groups excluding carboxylic acids is 2. The van der Waals surface area contributed by atoms with Crippen molar-refractivity contribution in [2.24, 2.45) is 16.5 Å². The van der Waals surface area contributed by atoms with Gasteiger partial charge in [-0.15, -0.1) is 0 Å². The largest absolute Gasteiger partial charge is 0.457 e. The van der Waals surface area contributed by atoms with Crippen molar-refractivity contribution < 1.29 is 14.3 Å². The first-order valence-corrected chi connectivity index (χ1v) is 14.0. The van der Waals surface area contributed by atoms with Crippen molar-refractivity contribution >= 4 is 23.9 Å². The third-order valence-corrected chi connectivity index (χ3v) is 7.04. The summed E-state index contributed by atoms with van der Waals surface area (Å²) in [7, 11) is 0. The quantitative estimate of drug-likeness (QED) is 0.154. The van der Waals surface area contributed by atoms with Gasteiger partial charge in [0.2, 0.25) is 5.95 Å². The highest BCUT2D eigenvalue weighted by atomic mass is 16.5. The van der Waals surface area contributed by atoms with Gasteiger partial charge in [0.05, 0.1) is 5.56 Å². The molecule has 2 amide bonds. The summed E-state index contributed by atoms with van der Waals surface area (Å²) in [5.74, 6) is 0.0910. The van der Waals surface area contributed by atoms with E-state index in [9.17, 15) is 9.59 Å². The highest BCUT2D eigenvalue weighted by molar-refractivity contribution is 5.90. The topological polar surface area (TPSA) is 152 Å². The maximum atomic E-state index is 12.4. The third-order valence-electron chi connectivity index (χ3n) is 7.04. The van der Waals surface area contributed by atoms with Crippen molar-refractivity contribution in [2.75, 3.05) is 31.1 Å². The van der Waals surface area contributed by atoms with E-state index in [1.165, 1.54) is 0 Å². The maximum absolute atomic E-state index is 12.4. The van der Waals surface area contributed by atoms with Crippen LogP contribution in [0.25, 0.3) is 11.1 Å². The molecule has 3 aromatic carbocycles. The number of amides is 2. The first-order valence-electron chi connectivity index (χ1n) is 14.0. The van der Waals surface area contributed by atoms with Crippen LogP contribution in [0.1, 0.15) is 27.0 Å². The van der Waals surface area contributed by atoms with E-state index in [0.717, 1.165) is 60.5 Å². The predicted molar refractivity (Wildman–Crippen MR) is 165 cm³/mol. The van der Waals surface area contributed by atoms with Crippen molar-refractivity contribution in [3.8, 4) is 11.1 Å². The Hall–Kier alpha value is -5.29. The zero-order valence-electron chi connectivity index (χ0n) is 23.7. The Bertz CT molecular complexity index is 1550. The van der Waals surface area contributed by atoms with Gasteiger partial charge in [0.25, 0.3) is 0 Å². The van der Waals surface area contributed by atoms with Crippen LogP contribution >= 0.6 is 0 Å². The second-order valence-electron chi connectivity index (χ2n) is 10.2. The number of nitrogens with zero attached hydrogens (tertiary/aromatic N) is 5. The molecule has 11 heteroatoms. The average molecular weight is 579 g/mol. The van der Waals surface area contributed by atoms with Crippen LogP contribution in [-0.4, -0.2) is 59.0 Å². The Labute approximate surface area is 250 Å². The number of piperazine rings is 1. The van der Waals surface area contributed by atoms with Crippen LogP contribution in [0.2, 0.25) is 0 Å². The van der Waals surface area contributed by atoms with Gasteiger partial charge >= 0.3 is 12.0 Å². The van der Waals surface area contributed by atoms with Crippen LogP contribution in [0.5, 0.6) is 0 Å². The smallest absolute Gasteiger partial charge is 0.344 e. The molecule has 0 bridgehead atoms. The number of benzene rings is 3. The molecule has 4 aromatic rings. The van der Waals surface area contributed by atoms with Crippen LogP contribution in [0.3, 0.4) is 0 Å². The van der Waals surface area contributed by atoms with Crippen molar-refractivity contribution in [2.45, 2.75) is 19.7 Å². The van der Waals surface area contributed by atoms with Gasteiger partial charge in [0.15, 0.2) is 5.96 Å². The lowest BCUT2D eigenvalue weighted by Gasteiger charge is -2.34. The van der Waals surface area contributed by atoms with Crippen LogP contribution in [-0.2, 0) is 24.4 Å². The number of esters is 1. The van der Waals surface area contributed by atoms with Gasteiger partial charge in [-0.1, -0.05) is 60.7 Å². The minimum Gasteiger partial charge on any atom is -0.457 e. The van der Waals surface area contributed by atoms with Crippen LogP contribution < -0.4 is 21.7 Å². The maximum Gasteiger partial charge on any atom is 0.344 e. The second kappa shape index (κ2) is 14.1. The molecule has 2 heterocycles. The normalized spacial score (nSPS) is 13.3. The van der Waals surface area contributed by atoms with Gasteiger partial charge in [0.1, 0.15) is 6.61 Å². The molecule has 0 unspecified atom stereocenters. The lowest BCUT2D eigenvalue weighted by Crippen LogP contribution is -2.46. The molecule has 1 aliphatic heterocycles. The fourth-order valence-corrected chi connectivity index (χ4v) is 4.75. The predicted octanol–water partition coefficient (Wildman–Crippen LogP) is 3.31. The molecule has 11 nitrogen and oxygen atoms in total. The minimum atomic E-state index is -0.590. The van der Waals surface area contributed by atoms with E-state index in [2.05, 4.69) is 30.1 Å². The summed E-state index contributed by atoms with van der Waals surface area (Å²) in [5.41, 5.74) is 15.8. The number of ether oxygens (including phenoxy) is 1. The highest BCUT2D eigenvalue weighted by Crippen LogP contribution is 2.21. The monoisotopic (exact) mass is 578 g/mol. The lowest BCUT2D eigenvalue weighted by atomic mass is 10.1. The van der Waals surface area contributed by atoms with E-state index in [1.807, 2.05) is 91.3 Å². The molecular weight excluding hydrogens is 544 g/mol. The highest BCUT2D eigenvalue weighted by Gasteiger charge is 2.19. The van der Waals surface area contributed by atoms with E-state index in [1.54, 1.807) is 0 Å². The Balaban J connectivity index is 1.09. The van der Waals surface area contributed by atoms with E-state index >= 15 is 0 Å². The molecule has 0 aliphatic carbocycles. The Morgan fingerprint density at radius 2 is 1.51 bits per heavy atom. The number of carbonyl (C=O) groups is 2. The molecule has 1 fully saturated rings. The van der Waals surface area contributed by atoms with Crippen molar-refractivity contribution in [1.82, 2.24) is 20.2 Å². The number of anilines is 1. The Morgan fingerprint density at radius 1 is 0.814 bits per heavy atom. The summed E-state index contributed by atoms with van der Waals surface area (Å²) in [5, 5.41) is 2.65. The molecule has 1 aliphatic rings. The number of nitrogens with two attached hydrogens (primary N) is 2. The van der Waals surface area contributed by atoms with Crippen molar-refractivity contribution in [3.05, 3.63) is 114 Å². The average Bonchev–Trinajstić information content (AvgIpc) is 3.04. The number of rotatable bonds is 9. The zero-order valence-corrected chi connectivity index (χ0v) is 23.7. The summed E-state index contributed by atoms with van der Waals surface area (Å²) in [6.45, 7) is 4.73. The van der Waals surface area contributed by atoms with E-state index < -0.39 is 6.03 Å².